The third kappa shape index (κ3) is 9.96. The van der Waals surface area contributed by atoms with E-state index in [4.69, 9.17) is 26.2 Å². The molecule has 2 aromatic carbocycles. The summed E-state index contributed by atoms with van der Waals surface area (Å²) in [5.41, 5.74) is 7.40. The van der Waals surface area contributed by atoms with Crippen molar-refractivity contribution in [2.75, 3.05) is 17.3 Å². The maximum Gasteiger partial charge on any atom is 0.490 e. The molecule has 0 fully saturated rings. The molecule has 0 aliphatic carbocycles. The van der Waals surface area contributed by atoms with Crippen LogP contribution in [0.4, 0.5) is 18.9 Å². The van der Waals surface area contributed by atoms with E-state index >= 15 is 0 Å². The maximum absolute atomic E-state index is 14.0. The van der Waals surface area contributed by atoms with Crippen molar-refractivity contribution in [1.29, 1.82) is 5.41 Å². The van der Waals surface area contributed by atoms with Crippen LogP contribution in [0.2, 0.25) is 0 Å². The number of hydrogen-bond acceptors (Lipinski definition) is 10. The van der Waals surface area contributed by atoms with Gasteiger partial charge < -0.3 is 26.4 Å². The summed E-state index contributed by atoms with van der Waals surface area (Å²) in [4.78, 5) is 44.4. The van der Waals surface area contributed by atoms with Crippen LogP contribution in [0.3, 0.4) is 0 Å². The first-order valence-corrected chi connectivity index (χ1v) is 17.0. The van der Waals surface area contributed by atoms with Crippen molar-refractivity contribution in [2.24, 2.45) is 5.73 Å². The smallest absolute Gasteiger partial charge is 0.481 e. The van der Waals surface area contributed by atoms with Crippen LogP contribution in [0.25, 0.3) is 11.1 Å². The van der Waals surface area contributed by atoms with E-state index in [2.05, 4.69) is 5.32 Å². The van der Waals surface area contributed by atoms with Crippen molar-refractivity contribution < 1.29 is 56.1 Å². The number of nitrogen functional groups attached to an aromatic ring is 1. The number of amidine groups is 1. The van der Waals surface area contributed by atoms with Gasteiger partial charge in [0.2, 0.25) is 15.7 Å². The molecule has 7 N–H and O–H groups in total. The third-order valence-corrected chi connectivity index (χ3v) is 11.3. The Hall–Kier alpha value is -4.07. The van der Waals surface area contributed by atoms with Gasteiger partial charge in [-0.15, -0.1) is 34.9 Å². The topological polar surface area (TPSA) is 225 Å². The molecule has 0 aliphatic rings. The van der Waals surface area contributed by atoms with Gasteiger partial charge in [-0.05, 0) is 36.4 Å². The van der Waals surface area contributed by atoms with Crippen LogP contribution >= 0.6 is 34.9 Å². The van der Waals surface area contributed by atoms with E-state index in [1.165, 1.54) is 23.9 Å². The predicted molar refractivity (Wildman–Crippen MR) is 168 cm³/mol. The van der Waals surface area contributed by atoms with Crippen molar-refractivity contribution in [3.63, 3.8) is 0 Å². The van der Waals surface area contributed by atoms with Gasteiger partial charge in [0.25, 0.3) is 0 Å². The monoisotopic (exact) mass is 721 g/mol. The quantitative estimate of drug-likeness (QED) is 0.0843. The molecule has 46 heavy (non-hydrogen) atoms. The van der Waals surface area contributed by atoms with E-state index in [0.29, 0.717) is 32.7 Å². The van der Waals surface area contributed by atoms with Crippen molar-refractivity contribution in [1.82, 2.24) is 0 Å². The highest BCUT2D eigenvalue weighted by molar-refractivity contribution is 8.01. The number of carbonyl (C=O) groups is 4. The van der Waals surface area contributed by atoms with Gasteiger partial charge in [0.1, 0.15) is 11.1 Å². The SMILES string of the molecule is CSc1sc(C(=N)N)cc1S(=O)(=O)c1ccc(C)c(-c2ccccc2)c1NC(=O)CSC(CC(=O)O)C(=O)O.O=C(O)C(F)(F)F. The van der Waals surface area contributed by atoms with Crippen LogP contribution in [-0.4, -0.2) is 76.8 Å². The Morgan fingerprint density at radius 3 is 2.11 bits per heavy atom. The number of aryl methyl sites for hydroxylation is 1. The number of carbonyl (C=O) groups excluding carboxylic acids is 1. The number of nitrogens with two attached hydrogens (primary N) is 1. The molecular formula is C27H26F3N3O9S4. The van der Waals surface area contributed by atoms with E-state index in [-0.39, 0.29) is 26.2 Å². The zero-order valence-electron chi connectivity index (χ0n) is 23.7. The predicted octanol–water partition coefficient (Wildman–Crippen LogP) is 4.80. The first kappa shape index (κ1) is 38.1. The second-order valence-corrected chi connectivity index (χ2v) is 14.2. The minimum absolute atomic E-state index is 0.0135. The summed E-state index contributed by atoms with van der Waals surface area (Å²) in [5, 5.41) is 34.4. The van der Waals surface area contributed by atoms with Crippen molar-refractivity contribution in [2.45, 2.75) is 38.8 Å². The highest BCUT2D eigenvalue weighted by atomic mass is 32.2. The minimum Gasteiger partial charge on any atom is -0.481 e. The van der Waals surface area contributed by atoms with Crippen molar-refractivity contribution in [3.8, 4) is 11.1 Å². The zero-order chi connectivity index (χ0) is 35.0. The number of alkyl halides is 3. The molecule has 0 saturated carbocycles. The van der Waals surface area contributed by atoms with E-state index in [1.807, 2.05) is 0 Å². The summed E-state index contributed by atoms with van der Waals surface area (Å²) in [7, 11) is -4.23. The molecule has 0 radical (unpaired) electrons. The minimum atomic E-state index is -5.08. The highest BCUT2D eigenvalue weighted by Crippen LogP contribution is 2.42. The molecule has 1 atom stereocenters. The number of sulfone groups is 1. The fourth-order valence-corrected chi connectivity index (χ4v) is 8.52. The van der Waals surface area contributed by atoms with Crippen LogP contribution < -0.4 is 11.1 Å². The summed E-state index contributed by atoms with van der Waals surface area (Å²) < 4.78 is 60.2. The van der Waals surface area contributed by atoms with Gasteiger partial charge in [-0.25, -0.2) is 13.2 Å². The highest BCUT2D eigenvalue weighted by Gasteiger charge is 2.38. The molecule has 3 aromatic rings. The molecule has 0 aliphatic heterocycles. The number of benzene rings is 2. The number of carboxylic acids is 3. The molecule has 0 spiro atoms. The number of carboxylic acid groups (broad SMARTS) is 3. The van der Waals surface area contributed by atoms with Crippen LogP contribution in [0.15, 0.2) is 62.5 Å². The molecule has 19 heteroatoms. The normalized spacial score (nSPS) is 11.9. The Bertz CT molecular complexity index is 1750. The number of thioether (sulfide) groups is 2. The van der Waals surface area contributed by atoms with E-state index in [0.717, 1.165) is 11.3 Å². The standard InChI is InChI=1S/C25H25N3O7S4.C2HF3O2/c1-13-8-9-17(39(34,35)18-10-15(23(26)27)38-25(18)36-2)22(21(13)14-6-4-3-5-7-14)28-19(29)12-37-16(24(32)33)11-20(30)31;3-2(4,5)1(6)7/h3-10,16H,11-12H2,1-2H3,(H3,26,27)(H,28,29)(H,30,31)(H,32,33);(H,6,7). The molecule has 3 rings (SSSR count). The number of thiophene rings is 1. The fraction of sp³-hybridized carbons (Fsp3) is 0.222. The average Bonchev–Trinajstić information content (AvgIpc) is 3.41. The molecule has 248 valence electrons. The number of hydrogen-bond donors (Lipinski definition) is 6. The number of aliphatic carboxylic acids is 3. The molecule has 0 saturated heterocycles. The lowest BCUT2D eigenvalue weighted by molar-refractivity contribution is -0.192. The van der Waals surface area contributed by atoms with Gasteiger partial charge in [0.15, 0.2) is 0 Å². The molecule has 1 amide bonds. The number of anilines is 1. The number of halogens is 3. The van der Waals surface area contributed by atoms with Crippen LogP contribution in [0.1, 0.15) is 16.9 Å². The van der Waals surface area contributed by atoms with E-state index in [1.54, 1.807) is 49.6 Å². The Balaban J connectivity index is 0.000000942. The van der Waals surface area contributed by atoms with Gasteiger partial charge in [0, 0.05) is 5.56 Å². The van der Waals surface area contributed by atoms with Crippen molar-refractivity contribution in [3.05, 3.63) is 59.0 Å². The molecule has 12 nitrogen and oxygen atoms in total. The second-order valence-electron chi connectivity index (χ2n) is 8.97. The van der Waals surface area contributed by atoms with Crippen LogP contribution in [0.5, 0.6) is 0 Å². The second kappa shape index (κ2) is 16.0. The summed E-state index contributed by atoms with van der Waals surface area (Å²) in [5.74, 6) is -6.84. The Morgan fingerprint density at radius 1 is 1.04 bits per heavy atom. The maximum atomic E-state index is 14.0. The van der Waals surface area contributed by atoms with E-state index in [9.17, 15) is 41.1 Å². The average molecular weight is 722 g/mol. The molecule has 1 unspecified atom stereocenters. The van der Waals surface area contributed by atoms with E-state index < -0.39 is 57.3 Å². The summed E-state index contributed by atoms with van der Waals surface area (Å²) in [6, 6.07) is 13.2. The molecule has 1 heterocycles. The summed E-state index contributed by atoms with van der Waals surface area (Å²) >= 11 is 2.89. The molecule has 0 bridgehead atoms. The Kier molecular flexibility index (Phi) is 13.2. The molecular weight excluding hydrogens is 696 g/mol. The number of rotatable bonds is 12. The zero-order valence-corrected chi connectivity index (χ0v) is 27.0. The van der Waals surface area contributed by atoms with Gasteiger partial charge in [-0.1, -0.05) is 36.4 Å². The van der Waals surface area contributed by atoms with Gasteiger partial charge >= 0.3 is 24.1 Å². The van der Waals surface area contributed by atoms with Crippen LogP contribution in [-0.2, 0) is 29.0 Å². The number of amides is 1. The van der Waals surface area contributed by atoms with Gasteiger partial charge in [-0.3, -0.25) is 19.8 Å². The lowest BCUT2D eigenvalue weighted by atomic mass is 9.98. The Labute approximate surface area is 272 Å². The lowest BCUT2D eigenvalue weighted by Crippen LogP contribution is -2.24. The largest absolute Gasteiger partial charge is 0.490 e. The number of nitrogens with one attached hydrogen (secondary N) is 2. The Morgan fingerprint density at radius 2 is 1.63 bits per heavy atom. The van der Waals surface area contributed by atoms with Crippen LogP contribution in [0, 0.1) is 12.3 Å². The molecule has 1 aromatic heterocycles. The summed E-state index contributed by atoms with van der Waals surface area (Å²) in [6.07, 6.45) is -4.06. The summed E-state index contributed by atoms with van der Waals surface area (Å²) in [6.45, 7) is 1.77. The third-order valence-electron chi connectivity index (χ3n) is 5.69. The first-order valence-electron chi connectivity index (χ1n) is 12.4. The van der Waals surface area contributed by atoms with Gasteiger partial charge in [-0.2, -0.15) is 13.2 Å². The lowest BCUT2D eigenvalue weighted by Gasteiger charge is -2.19. The fourth-order valence-electron chi connectivity index (χ4n) is 3.68. The van der Waals surface area contributed by atoms with Gasteiger partial charge in [0.05, 0.1) is 36.7 Å². The van der Waals surface area contributed by atoms with Crippen molar-refractivity contribution >= 4 is 80.0 Å². The first-order chi connectivity index (χ1) is 21.3.